The highest BCUT2D eigenvalue weighted by atomic mass is 15.1. The molecule has 2 N–H and O–H groups in total. The van der Waals surface area contributed by atoms with E-state index in [-0.39, 0.29) is 6.04 Å². The van der Waals surface area contributed by atoms with E-state index in [1.54, 1.807) is 0 Å². The maximum absolute atomic E-state index is 6.30. The molecule has 1 atom stereocenters. The second kappa shape index (κ2) is 5.54. The van der Waals surface area contributed by atoms with Crippen LogP contribution in [0.2, 0.25) is 0 Å². The first-order chi connectivity index (χ1) is 9.28. The van der Waals surface area contributed by atoms with Crippen LogP contribution in [0.3, 0.4) is 0 Å². The molecule has 0 radical (unpaired) electrons. The molecule has 0 bridgehead atoms. The number of anilines is 1. The fraction of sp³-hybridized carbons (Fsp3) is 0.647. The fourth-order valence-electron chi connectivity index (χ4n) is 2.80. The van der Waals surface area contributed by atoms with Crippen LogP contribution in [0.15, 0.2) is 24.3 Å². The van der Waals surface area contributed by atoms with E-state index in [1.807, 2.05) is 0 Å². The first kappa shape index (κ1) is 13.0. The number of hydrogen-bond donors (Lipinski definition) is 1. The molecule has 1 aromatic rings. The molecule has 19 heavy (non-hydrogen) atoms. The Morgan fingerprint density at radius 2 is 1.68 bits per heavy atom. The van der Waals surface area contributed by atoms with Crippen molar-refractivity contribution in [3.63, 3.8) is 0 Å². The fourth-order valence-corrected chi connectivity index (χ4v) is 2.80. The molecule has 0 unspecified atom stereocenters. The Morgan fingerprint density at radius 3 is 2.21 bits per heavy atom. The van der Waals surface area contributed by atoms with Crippen molar-refractivity contribution in [2.75, 3.05) is 18.0 Å². The summed E-state index contributed by atoms with van der Waals surface area (Å²) in [4.78, 5) is 2.63. The summed E-state index contributed by atoms with van der Waals surface area (Å²) in [6.45, 7) is 4.65. The second-order valence-electron chi connectivity index (χ2n) is 6.37. The van der Waals surface area contributed by atoms with Gasteiger partial charge in [-0.1, -0.05) is 25.1 Å². The first-order valence-electron chi connectivity index (χ1n) is 7.87. The Kier molecular flexibility index (Phi) is 3.79. The van der Waals surface area contributed by atoms with Gasteiger partial charge in [-0.2, -0.15) is 0 Å². The molecule has 2 nitrogen and oxygen atoms in total. The maximum atomic E-state index is 6.30. The molecular formula is C17H26N2. The minimum atomic E-state index is 0.178. The minimum Gasteiger partial charge on any atom is -0.371 e. The summed E-state index contributed by atoms with van der Waals surface area (Å²) in [7, 11) is 0. The van der Waals surface area contributed by atoms with E-state index in [0.717, 1.165) is 18.3 Å². The van der Waals surface area contributed by atoms with Crippen molar-refractivity contribution >= 4 is 5.69 Å². The Morgan fingerprint density at radius 1 is 1.11 bits per heavy atom. The largest absolute Gasteiger partial charge is 0.371 e. The smallest absolute Gasteiger partial charge is 0.0414 e. The van der Waals surface area contributed by atoms with E-state index in [2.05, 4.69) is 36.1 Å². The van der Waals surface area contributed by atoms with Crippen LogP contribution in [0.25, 0.3) is 0 Å². The van der Waals surface area contributed by atoms with Gasteiger partial charge in [0.1, 0.15) is 0 Å². The van der Waals surface area contributed by atoms with Crippen LogP contribution in [-0.4, -0.2) is 13.1 Å². The first-order valence-corrected chi connectivity index (χ1v) is 7.87. The molecule has 0 amide bonds. The van der Waals surface area contributed by atoms with Crippen molar-refractivity contribution in [2.45, 2.75) is 45.1 Å². The maximum Gasteiger partial charge on any atom is 0.0414 e. The lowest BCUT2D eigenvalue weighted by Crippen LogP contribution is -2.30. The van der Waals surface area contributed by atoms with Crippen molar-refractivity contribution in [2.24, 2.45) is 17.6 Å². The molecule has 0 heterocycles. The Bertz CT molecular complexity index is 407. The van der Waals surface area contributed by atoms with Crippen LogP contribution in [0.5, 0.6) is 0 Å². The molecule has 0 aliphatic heterocycles. The summed E-state index contributed by atoms with van der Waals surface area (Å²) in [5.74, 6) is 1.87. The molecule has 1 aromatic carbocycles. The van der Waals surface area contributed by atoms with E-state index in [1.165, 1.54) is 50.0 Å². The van der Waals surface area contributed by atoms with E-state index in [0.29, 0.717) is 0 Å². The van der Waals surface area contributed by atoms with Crippen LogP contribution in [0.4, 0.5) is 5.69 Å². The van der Waals surface area contributed by atoms with Crippen LogP contribution < -0.4 is 10.6 Å². The highest BCUT2D eigenvalue weighted by Gasteiger charge is 2.30. The van der Waals surface area contributed by atoms with Crippen molar-refractivity contribution in [3.05, 3.63) is 29.8 Å². The SMILES string of the molecule is CC[C@@H](N)c1ccccc1N(CC1CC1)CC1CC1. The summed E-state index contributed by atoms with van der Waals surface area (Å²) in [6, 6.07) is 8.96. The quantitative estimate of drug-likeness (QED) is 0.807. The van der Waals surface area contributed by atoms with Gasteiger partial charge < -0.3 is 10.6 Å². The van der Waals surface area contributed by atoms with Crippen molar-refractivity contribution in [1.82, 2.24) is 0 Å². The zero-order valence-electron chi connectivity index (χ0n) is 12.0. The molecular weight excluding hydrogens is 232 g/mol. The van der Waals surface area contributed by atoms with Crippen molar-refractivity contribution in [3.8, 4) is 0 Å². The van der Waals surface area contributed by atoms with Gasteiger partial charge in [-0.05, 0) is 55.6 Å². The van der Waals surface area contributed by atoms with Crippen LogP contribution >= 0.6 is 0 Å². The Balaban J connectivity index is 1.82. The lowest BCUT2D eigenvalue weighted by Gasteiger charge is -2.29. The predicted molar refractivity (Wildman–Crippen MR) is 81.3 cm³/mol. The zero-order valence-corrected chi connectivity index (χ0v) is 12.0. The second-order valence-corrected chi connectivity index (χ2v) is 6.37. The molecule has 0 spiro atoms. The van der Waals surface area contributed by atoms with Gasteiger partial charge in [-0.3, -0.25) is 0 Å². The number of hydrogen-bond acceptors (Lipinski definition) is 2. The minimum absolute atomic E-state index is 0.178. The van der Waals surface area contributed by atoms with Gasteiger partial charge in [0.15, 0.2) is 0 Å². The topological polar surface area (TPSA) is 29.3 Å². The number of rotatable bonds is 7. The molecule has 104 valence electrons. The monoisotopic (exact) mass is 258 g/mol. The van der Waals surface area contributed by atoms with Gasteiger partial charge in [-0.15, -0.1) is 0 Å². The Labute approximate surface area is 117 Å². The average molecular weight is 258 g/mol. The highest BCUT2D eigenvalue weighted by molar-refractivity contribution is 5.55. The van der Waals surface area contributed by atoms with E-state index in [4.69, 9.17) is 5.73 Å². The molecule has 2 fully saturated rings. The summed E-state index contributed by atoms with van der Waals surface area (Å²) < 4.78 is 0. The van der Waals surface area contributed by atoms with Gasteiger partial charge >= 0.3 is 0 Å². The summed E-state index contributed by atoms with van der Waals surface area (Å²) in [6.07, 6.45) is 6.69. The number of nitrogens with two attached hydrogens (primary N) is 1. The predicted octanol–water partition coefficient (Wildman–Crippen LogP) is 3.72. The molecule has 2 aliphatic carbocycles. The lowest BCUT2D eigenvalue weighted by molar-refractivity contribution is 0.656. The summed E-state index contributed by atoms with van der Waals surface area (Å²) in [5, 5.41) is 0. The number of benzene rings is 1. The van der Waals surface area contributed by atoms with Gasteiger partial charge in [0.25, 0.3) is 0 Å². The van der Waals surface area contributed by atoms with Crippen molar-refractivity contribution in [1.29, 1.82) is 0 Å². The van der Waals surface area contributed by atoms with Gasteiger partial charge in [-0.25, -0.2) is 0 Å². The Hall–Kier alpha value is -1.02. The van der Waals surface area contributed by atoms with E-state index in [9.17, 15) is 0 Å². The normalized spacial score (nSPS) is 20.3. The average Bonchev–Trinajstić information content (AvgIpc) is 3.32. The summed E-state index contributed by atoms with van der Waals surface area (Å²) in [5.41, 5.74) is 9.04. The van der Waals surface area contributed by atoms with E-state index >= 15 is 0 Å². The molecule has 0 saturated heterocycles. The van der Waals surface area contributed by atoms with Crippen molar-refractivity contribution < 1.29 is 0 Å². The molecule has 2 saturated carbocycles. The summed E-state index contributed by atoms with van der Waals surface area (Å²) >= 11 is 0. The van der Waals surface area contributed by atoms with Gasteiger partial charge in [0.05, 0.1) is 0 Å². The molecule has 0 aromatic heterocycles. The molecule has 2 aliphatic rings. The number of para-hydroxylation sites is 1. The zero-order chi connectivity index (χ0) is 13.2. The third-order valence-corrected chi connectivity index (χ3v) is 4.47. The van der Waals surface area contributed by atoms with Crippen LogP contribution in [-0.2, 0) is 0 Å². The third kappa shape index (κ3) is 3.30. The van der Waals surface area contributed by atoms with Crippen LogP contribution in [0, 0.1) is 11.8 Å². The molecule has 2 heteroatoms. The molecule has 3 rings (SSSR count). The highest BCUT2D eigenvalue weighted by Crippen LogP contribution is 2.37. The number of nitrogens with zero attached hydrogens (tertiary/aromatic N) is 1. The standard InChI is InChI=1S/C17H26N2/c1-2-16(18)15-5-3-4-6-17(15)19(11-13-7-8-13)12-14-9-10-14/h3-6,13-14,16H,2,7-12,18H2,1H3/t16-/m1/s1. The van der Waals surface area contributed by atoms with E-state index < -0.39 is 0 Å². The van der Waals surface area contributed by atoms with Gasteiger partial charge in [0, 0.05) is 24.8 Å². The third-order valence-electron chi connectivity index (χ3n) is 4.47. The lowest BCUT2D eigenvalue weighted by atomic mass is 10.0. The van der Waals surface area contributed by atoms with Gasteiger partial charge in [0.2, 0.25) is 0 Å². The van der Waals surface area contributed by atoms with Crippen LogP contribution in [0.1, 0.15) is 50.6 Å².